The summed E-state index contributed by atoms with van der Waals surface area (Å²) >= 11 is 16.3. The first kappa shape index (κ1) is 31.6. The summed E-state index contributed by atoms with van der Waals surface area (Å²) in [5.41, 5.74) is 1.35. The van der Waals surface area contributed by atoms with Crippen LogP contribution in [0.2, 0.25) is 10.0 Å². The van der Waals surface area contributed by atoms with Crippen LogP contribution in [0.1, 0.15) is 29.8 Å². The number of thioether (sulfide) groups is 2. The van der Waals surface area contributed by atoms with Gasteiger partial charge in [0.2, 0.25) is 16.2 Å². The number of hydrogen-bond acceptors (Lipinski definition) is 8. The van der Waals surface area contributed by atoms with Crippen molar-refractivity contribution < 1.29 is 14.4 Å². The fourth-order valence-electron chi connectivity index (χ4n) is 3.48. The topological polar surface area (TPSA) is 113 Å². The number of aromatic nitrogens is 2. The Bertz CT molecular complexity index is 1620. The van der Waals surface area contributed by atoms with Crippen molar-refractivity contribution >= 4 is 92.9 Å². The highest BCUT2D eigenvalue weighted by Crippen LogP contribution is 2.28. The number of anilines is 2. The molecule has 0 aliphatic rings. The second-order valence-corrected chi connectivity index (χ2v) is 12.8. The molecular weight excluding hydrogens is 633 g/mol. The van der Waals surface area contributed by atoms with E-state index in [-0.39, 0.29) is 11.6 Å². The van der Waals surface area contributed by atoms with E-state index in [2.05, 4.69) is 25.3 Å². The largest absolute Gasteiger partial charge is 0.321 e. The summed E-state index contributed by atoms with van der Waals surface area (Å²) in [4.78, 5) is 44.1. The van der Waals surface area contributed by atoms with Crippen LogP contribution in [0.15, 0.2) is 88.5 Å². The third-order valence-electron chi connectivity index (χ3n) is 5.48. The summed E-state index contributed by atoms with van der Waals surface area (Å²) in [6.45, 7) is 3.79. The molecular formula is C29H25Cl2N5O3S3. The number of carbonyl (C=O) groups excluding carboxylic acids is 3. The smallest absolute Gasteiger partial charge is 0.272 e. The van der Waals surface area contributed by atoms with Gasteiger partial charge >= 0.3 is 0 Å². The van der Waals surface area contributed by atoms with Gasteiger partial charge in [0.15, 0.2) is 0 Å². The van der Waals surface area contributed by atoms with E-state index < -0.39 is 17.1 Å². The Hall–Kier alpha value is -3.35. The number of benzene rings is 3. The van der Waals surface area contributed by atoms with Crippen molar-refractivity contribution in [3.05, 3.63) is 99.7 Å². The summed E-state index contributed by atoms with van der Waals surface area (Å²) in [5, 5.41) is 9.70. The van der Waals surface area contributed by atoms with E-state index >= 15 is 0 Å². The lowest BCUT2D eigenvalue weighted by atomic mass is 10.1. The molecule has 13 heteroatoms. The van der Waals surface area contributed by atoms with Gasteiger partial charge in [-0.25, -0.2) is 0 Å². The van der Waals surface area contributed by atoms with Gasteiger partial charge in [-0.15, -0.1) is 11.8 Å². The van der Waals surface area contributed by atoms with Crippen LogP contribution in [0.4, 0.5) is 10.8 Å². The number of carbonyl (C=O) groups is 3. The zero-order valence-electron chi connectivity index (χ0n) is 22.4. The van der Waals surface area contributed by atoms with Crippen molar-refractivity contribution in [2.45, 2.75) is 29.1 Å². The van der Waals surface area contributed by atoms with Gasteiger partial charge in [0.1, 0.15) is 5.70 Å². The second-order valence-electron chi connectivity index (χ2n) is 8.59. The summed E-state index contributed by atoms with van der Waals surface area (Å²) in [6.07, 6.45) is 1.48. The van der Waals surface area contributed by atoms with Gasteiger partial charge in [0, 0.05) is 37.7 Å². The molecule has 3 amide bonds. The maximum absolute atomic E-state index is 13.4. The maximum atomic E-state index is 13.4. The molecule has 0 saturated heterocycles. The average Bonchev–Trinajstić information content (AvgIpc) is 3.41. The van der Waals surface area contributed by atoms with Crippen molar-refractivity contribution in [3.8, 4) is 0 Å². The number of hydrogen-bond donors (Lipinski definition) is 3. The molecule has 1 aromatic heterocycles. The predicted octanol–water partition coefficient (Wildman–Crippen LogP) is 7.49. The van der Waals surface area contributed by atoms with Gasteiger partial charge in [-0.05, 0) is 66.8 Å². The Morgan fingerprint density at radius 2 is 1.79 bits per heavy atom. The maximum Gasteiger partial charge on any atom is 0.272 e. The van der Waals surface area contributed by atoms with Crippen LogP contribution >= 0.6 is 58.3 Å². The van der Waals surface area contributed by atoms with Crippen LogP contribution < -0.4 is 16.0 Å². The summed E-state index contributed by atoms with van der Waals surface area (Å²) < 4.78 is 4.21. The third-order valence-corrected chi connectivity index (χ3v) is 8.61. The Morgan fingerprint density at radius 1 is 1.00 bits per heavy atom. The fraction of sp³-hybridized carbons (Fsp3) is 0.138. The van der Waals surface area contributed by atoms with E-state index in [0.29, 0.717) is 37.1 Å². The van der Waals surface area contributed by atoms with Gasteiger partial charge in [0.05, 0.1) is 5.25 Å². The minimum atomic E-state index is -0.560. The first-order chi connectivity index (χ1) is 20.2. The molecule has 3 aromatic carbocycles. The fourth-order valence-corrected chi connectivity index (χ4v) is 6.14. The molecule has 3 N–H and O–H groups in total. The van der Waals surface area contributed by atoms with Crippen molar-refractivity contribution in [1.82, 2.24) is 14.7 Å². The summed E-state index contributed by atoms with van der Waals surface area (Å²) in [5.74, 6) is -0.390. The molecule has 4 rings (SSSR count). The molecule has 216 valence electrons. The Kier molecular flexibility index (Phi) is 11.4. The highest BCUT2D eigenvalue weighted by molar-refractivity contribution is 8.00. The lowest BCUT2D eigenvalue weighted by Crippen LogP contribution is -2.30. The number of nitrogens with zero attached hydrogens (tertiary/aromatic N) is 2. The Balaban J connectivity index is 1.48. The minimum absolute atomic E-state index is 0.0171. The zero-order valence-corrected chi connectivity index (χ0v) is 26.4. The van der Waals surface area contributed by atoms with Gasteiger partial charge in [-0.2, -0.15) is 9.36 Å². The molecule has 8 nitrogen and oxygen atoms in total. The van der Waals surface area contributed by atoms with Crippen molar-refractivity contribution in [1.29, 1.82) is 0 Å². The molecule has 0 aliphatic carbocycles. The molecule has 0 radical (unpaired) electrons. The predicted molar refractivity (Wildman–Crippen MR) is 174 cm³/mol. The molecule has 1 heterocycles. The minimum Gasteiger partial charge on any atom is -0.321 e. The second kappa shape index (κ2) is 15.2. The normalized spacial score (nSPS) is 12.0. The summed E-state index contributed by atoms with van der Waals surface area (Å²) in [7, 11) is 0. The van der Waals surface area contributed by atoms with Crippen LogP contribution in [-0.4, -0.2) is 38.1 Å². The van der Waals surface area contributed by atoms with E-state index in [0.717, 1.165) is 22.2 Å². The van der Waals surface area contributed by atoms with Crippen LogP contribution in [0.5, 0.6) is 0 Å². The SMILES string of the molecule is CCSc1nsc(NC(=O)C(C)Sc2cccc(NC(=O)/C(=C\c3ccc(Cl)cc3Cl)NC(=O)c3ccccc3)c2)n1. The van der Waals surface area contributed by atoms with E-state index in [4.69, 9.17) is 23.2 Å². The van der Waals surface area contributed by atoms with Crippen molar-refractivity contribution in [2.75, 3.05) is 16.4 Å². The highest BCUT2D eigenvalue weighted by Gasteiger charge is 2.19. The van der Waals surface area contributed by atoms with Gasteiger partial charge < -0.3 is 10.6 Å². The van der Waals surface area contributed by atoms with Crippen LogP contribution in [0, 0.1) is 0 Å². The van der Waals surface area contributed by atoms with Crippen LogP contribution in [0.3, 0.4) is 0 Å². The van der Waals surface area contributed by atoms with Crippen LogP contribution in [0.25, 0.3) is 6.08 Å². The average molecular weight is 659 g/mol. The lowest BCUT2D eigenvalue weighted by Gasteiger charge is -2.14. The van der Waals surface area contributed by atoms with E-state index in [1.165, 1.54) is 29.6 Å². The first-order valence-electron chi connectivity index (χ1n) is 12.6. The van der Waals surface area contributed by atoms with E-state index in [9.17, 15) is 14.4 Å². The van der Waals surface area contributed by atoms with E-state index in [1.54, 1.807) is 73.7 Å². The molecule has 42 heavy (non-hydrogen) atoms. The number of halogens is 2. The summed E-state index contributed by atoms with van der Waals surface area (Å²) in [6, 6.07) is 20.5. The third kappa shape index (κ3) is 9.07. The molecule has 0 aliphatic heterocycles. The number of nitrogens with one attached hydrogen (secondary N) is 3. The van der Waals surface area contributed by atoms with Crippen LogP contribution in [-0.2, 0) is 9.59 Å². The van der Waals surface area contributed by atoms with Gasteiger partial charge in [0.25, 0.3) is 11.8 Å². The number of amides is 3. The lowest BCUT2D eigenvalue weighted by molar-refractivity contribution is -0.115. The molecule has 0 bridgehead atoms. The van der Waals surface area contributed by atoms with E-state index in [1.807, 2.05) is 13.0 Å². The molecule has 0 spiro atoms. The molecule has 1 unspecified atom stereocenters. The highest BCUT2D eigenvalue weighted by atomic mass is 35.5. The van der Waals surface area contributed by atoms with Crippen molar-refractivity contribution in [3.63, 3.8) is 0 Å². The molecule has 0 saturated carbocycles. The van der Waals surface area contributed by atoms with Crippen molar-refractivity contribution in [2.24, 2.45) is 0 Å². The quantitative estimate of drug-likeness (QED) is 0.113. The standard InChI is InChI=1S/C29H25Cl2N5O3S3/c1-3-40-29-35-28(42-36-29)34-25(37)17(2)41-22-11-7-10-21(16-22)32-27(39)24(14-19-12-13-20(30)15-23(19)31)33-26(38)18-8-5-4-6-9-18/h4-17H,3H2,1-2H3,(H,32,39)(H,33,38)(H,34,35,36,37)/b24-14+. The van der Waals surface area contributed by atoms with Gasteiger partial charge in [-0.1, -0.05) is 72.2 Å². The molecule has 1 atom stereocenters. The Labute approximate surface area is 265 Å². The Morgan fingerprint density at radius 3 is 2.52 bits per heavy atom. The van der Waals surface area contributed by atoms with Gasteiger partial charge in [-0.3, -0.25) is 19.7 Å². The molecule has 4 aromatic rings. The first-order valence-corrected chi connectivity index (χ1v) is 16.0. The number of rotatable bonds is 11. The molecule has 0 fully saturated rings. The zero-order chi connectivity index (χ0) is 30.1. The monoisotopic (exact) mass is 657 g/mol.